The normalized spacial score (nSPS) is 16.8. The van der Waals surface area contributed by atoms with Crippen molar-refractivity contribution in [3.63, 3.8) is 0 Å². The molecule has 1 aliphatic rings. The van der Waals surface area contributed by atoms with Crippen molar-refractivity contribution in [3.05, 3.63) is 66.2 Å². The SMILES string of the molecule is c1ccc(C2CCN(c3ccccc3)CC2)cc1. The van der Waals surface area contributed by atoms with Crippen LogP contribution < -0.4 is 4.90 Å². The predicted molar refractivity (Wildman–Crippen MR) is 77.1 cm³/mol. The first-order valence-corrected chi connectivity index (χ1v) is 6.78. The molecule has 0 aromatic heterocycles. The number of para-hydroxylation sites is 1. The van der Waals surface area contributed by atoms with Crippen LogP contribution in [0.25, 0.3) is 0 Å². The van der Waals surface area contributed by atoms with E-state index in [4.69, 9.17) is 0 Å². The molecule has 1 fully saturated rings. The molecule has 2 aromatic rings. The molecular weight excluding hydrogens is 218 g/mol. The van der Waals surface area contributed by atoms with E-state index in [1.807, 2.05) is 0 Å². The molecule has 0 N–H and O–H groups in total. The molecule has 0 amide bonds. The zero-order valence-corrected chi connectivity index (χ0v) is 10.6. The third kappa shape index (κ3) is 2.40. The molecule has 0 atom stereocenters. The minimum Gasteiger partial charge on any atom is -0.371 e. The minimum absolute atomic E-state index is 0.742. The largest absolute Gasteiger partial charge is 0.371 e. The van der Waals surface area contributed by atoms with Gasteiger partial charge in [0.1, 0.15) is 0 Å². The van der Waals surface area contributed by atoms with Gasteiger partial charge in [0, 0.05) is 18.8 Å². The lowest BCUT2D eigenvalue weighted by Crippen LogP contribution is -2.32. The Balaban J connectivity index is 1.65. The van der Waals surface area contributed by atoms with Gasteiger partial charge in [-0.05, 0) is 36.5 Å². The summed E-state index contributed by atoms with van der Waals surface area (Å²) in [6.45, 7) is 2.34. The molecule has 92 valence electrons. The molecule has 0 aliphatic carbocycles. The average Bonchev–Trinajstić information content (AvgIpc) is 2.49. The fourth-order valence-corrected chi connectivity index (χ4v) is 2.84. The molecule has 0 unspecified atom stereocenters. The van der Waals surface area contributed by atoms with Crippen molar-refractivity contribution < 1.29 is 0 Å². The van der Waals surface area contributed by atoms with Gasteiger partial charge < -0.3 is 4.90 Å². The maximum absolute atomic E-state index is 2.50. The van der Waals surface area contributed by atoms with Gasteiger partial charge in [0.25, 0.3) is 0 Å². The Morgan fingerprint density at radius 1 is 0.722 bits per heavy atom. The van der Waals surface area contributed by atoms with Crippen molar-refractivity contribution in [1.29, 1.82) is 0 Å². The summed E-state index contributed by atoms with van der Waals surface area (Å²) in [4.78, 5) is 2.50. The highest BCUT2D eigenvalue weighted by atomic mass is 15.1. The van der Waals surface area contributed by atoms with Crippen LogP contribution in [-0.4, -0.2) is 13.1 Å². The summed E-state index contributed by atoms with van der Waals surface area (Å²) in [6.07, 6.45) is 2.53. The van der Waals surface area contributed by atoms with Crippen molar-refractivity contribution >= 4 is 5.69 Å². The van der Waals surface area contributed by atoms with E-state index in [9.17, 15) is 0 Å². The molecule has 0 saturated carbocycles. The Morgan fingerprint density at radius 2 is 1.28 bits per heavy atom. The molecule has 0 spiro atoms. The van der Waals surface area contributed by atoms with E-state index in [-0.39, 0.29) is 0 Å². The molecule has 1 saturated heterocycles. The van der Waals surface area contributed by atoms with E-state index in [1.165, 1.54) is 37.2 Å². The fourth-order valence-electron chi connectivity index (χ4n) is 2.84. The smallest absolute Gasteiger partial charge is 0.0366 e. The van der Waals surface area contributed by atoms with Crippen LogP contribution in [0.5, 0.6) is 0 Å². The summed E-state index contributed by atoms with van der Waals surface area (Å²) in [5.74, 6) is 0.742. The van der Waals surface area contributed by atoms with Gasteiger partial charge in [-0.3, -0.25) is 0 Å². The zero-order valence-electron chi connectivity index (χ0n) is 10.6. The van der Waals surface area contributed by atoms with Crippen LogP contribution in [0, 0.1) is 0 Å². The van der Waals surface area contributed by atoms with Gasteiger partial charge in [-0.2, -0.15) is 0 Å². The molecule has 1 nitrogen and oxygen atoms in total. The first-order valence-electron chi connectivity index (χ1n) is 6.78. The highest BCUT2D eigenvalue weighted by molar-refractivity contribution is 5.46. The number of rotatable bonds is 2. The van der Waals surface area contributed by atoms with Crippen molar-refractivity contribution in [2.45, 2.75) is 18.8 Å². The number of anilines is 1. The number of hydrogen-bond acceptors (Lipinski definition) is 1. The number of nitrogens with zero attached hydrogens (tertiary/aromatic N) is 1. The molecule has 1 heterocycles. The quantitative estimate of drug-likeness (QED) is 0.761. The van der Waals surface area contributed by atoms with E-state index < -0.39 is 0 Å². The van der Waals surface area contributed by atoms with Crippen molar-refractivity contribution in [3.8, 4) is 0 Å². The van der Waals surface area contributed by atoms with Gasteiger partial charge in [-0.1, -0.05) is 48.5 Å². The monoisotopic (exact) mass is 237 g/mol. The molecular formula is C17H19N. The molecule has 1 heteroatoms. The second-order valence-corrected chi connectivity index (χ2v) is 5.01. The van der Waals surface area contributed by atoms with E-state index in [1.54, 1.807) is 0 Å². The lowest BCUT2D eigenvalue weighted by atomic mass is 9.89. The van der Waals surface area contributed by atoms with Gasteiger partial charge in [0.2, 0.25) is 0 Å². The Labute approximate surface area is 109 Å². The first-order chi connectivity index (χ1) is 8.93. The lowest BCUT2D eigenvalue weighted by molar-refractivity contribution is 0.505. The Hall–Kier alpha value is -1.76. The lowest BCUT2D eigenvalue weighted by Gasteiger charge is -2.33. The van der Waals surface area contributed by atoms with Gasteiger partial charge in [-0.15, -0.1) is 0 Å². The Kier molecular flexibility index (Phi) is 3.31. The van der Waals surface area contributed by atoms with Gasteiger partial charge in [0.15, 0.2) is 0 Å². The van der Waals surface area contributed by atoms with Crippen LogP contribution in [0.3, 0.4) is 0 Å². The van der Waals surface area contributed by atoms with Crippen LogP contribution in [0.15, 0.2) is 60.7 Å². The zero-order chi connectivity index (χ0) is 12.2. The van der Waals surface area contributed by atoms with E-state index in [0.717, 1.165) is 5.92 Å². The van der Waals surface area contributed by atoms with Crippen LogP contribution in [-0.2, 0) is 0 Å². The Bertz CT molecular complexity index is 422. The average molecular weight is 237 g/mol. The Morgan fingerprint density at radius 3 is 1.89 bits per heavy atom. The van der Waals surface area contributed by atoms with E-state index in [0.29, 0.717) is 0 Å². The maximum Gasteiger partial charge on any atom is 0.0366 e. The second-order valence-electron chi connectivity index (χ2n) is 5.01. The highest BCUT2D eigenvalue weighted by Gasteiger charge is 2.20. The summed E-state index contributed by atoms with van der Waals surface area (Å²) in [7, 11) is 0. The van der Waals surface area contributed by atoms with Gasteiger partial charge in [-0.25, -0.2) is 0 Å². The van der Waals surface area contributed by atoms with E-state index >= 15 is 0 Å². The highest BCUT2D eigenvalue weighted by Crippen LogP contribution is 2.29. The fraction of sp³-hybridized carbons (Fsp3) is 0.294. The molecule has 2 aromatic carbocycles. The topological polar surface area (TPSA) is 3.24 Å². The summed E-state index contributed by atoms with van der Waals surface area (Å²) < 4.78 is 0. The number of benzene rings is 2. The van der Waals surface area contributed by atoms with Crippen LogP contribution in [0.1, 0.15) is 24.3 Å². The van der Waals surface area contributed by atoms with Crippen molar-refractivity contribution in [2.24, 2.45) is 0 Å². The predicted octanol–water partition coefficient (Wildman–Crippen LogP) is 4.07. The molecule has 0 bridgehead atoms. The van der Waals surface area contributed by atoms with Crippen LogP contribution >= 0.6 is 0 Å². The van der Waals surface area contributed by atoms with Crippen LogP contribution in [0.4, 0.5) is 5.69 Å². The maximum atomic E-state index is 2.50. The van der Waals surface area contributed by atoms with Crippen LogP contribution in [0.2, 0.25) is 0 Å². The third-order valence-corrected chi connectivity index (χ3v) is 3.89. The van der Waals surface area contributed by atoms with E-state index in [2.05, 4.69) is 65.6 Å². The summed E-state index contributed by atoms with van der Waals surface area (Å²) >= 11 is 0. The molecule has 1 aliphatic heterocycles. The minimum atomic E-state index is 0.742. The van der Waals surface area contributed by atoms with Crippen molar-refractivity contribution in [2.75, 3.05) is 18.0 Å². The molecule has 0 radical (unpaired) electrons. The summed E-state index contributed by atoms with van der Waals surface area (Å²) in [6, 6.07) is 21.7. The van der Waals surface area contributed by atoms with Crippen molar-refractivity contribution in [1.82, 2.24) is 0 Å². The number of hydrogen-bond donors (Lipinski definition) is 0. The first kappa shape index (κ1) is 11.3. The van der Waals surface area contributed by atoms with Gasteiger partial charge >= 0.3 is 0 Å². The number of piperidine rings is 1. The second kappa shape index (κ2) is 5.26. The molecule has 18 heavy (non-hydrogen) atoms. The standard InChI is InChI=1S/C17H19N/c1-3-7-15(8-4-1)16-11-13-18(14-12-16)17-9-5-2-6-10-17/h1-10,16H,11-14H2. The summed E-state index contributed by atoms with van der Waals surface area (Å²) in [5.41, 5.74) is 2.87. The third-order valence-electron chi connectivity index (χ3n) is 3.89. The van der Waals surface area contributed by atoms with Gasteiger partial charge in [0.05, 0.1) is 0 Å². The molecule has 3 rings (SSSR count). The summed E-state index contributed by atoms with van der Waals surface area (Å²) in [5, 5.41) is 0.